The van der Waals surface area contributed by atoms with Crippen LogP contribution in [0.1, 0.15) is 65.7 Å². The van der Waals surface area contributed by atoms with E-state index >= 15 is 0 Å². The van der Waals surface area contributed by atoms with E-state index in [9.17, 15) is 9.90 Å². The Kier molecular flexibility index (Phi) is 3.35. The Hall–Kier alpha value is -1.05. The molecule has 0 bridgehead atoms. The minimum absolute atomic E-state index is 0.237. The number of hydrogen-bond donors (Lipinski definition) is 1. The van der Waals surface area contributed by atoms with Crippen LogP contribution in [0.4, 0.5) is 0 Å². The molecule has 2 nitrogen and oxygen atoms in total. The van der Waals surface area contributed by atoms with Gasteiger partial charge in [0.1, 0.15) is 5.78 Å². The third kappa shape index (κ3) is 2.03. The van der Waals surface area contributed by atoms with Crippen molar-refractivity contribution < 1.29 is 9.90 Å². The zero-order valence-electron chi connectivity index (χ0n) is 14.8. The fourth-order valence-corrected chi connectivity index (χ4v) is 6.98. The highest BCUT2D eigenvalue weighted by molar-refractivity contribution is 5.79. The van der Waals surface area contributed by atoms with Crippen LogP contribution in [-0.4, -0.2) is 10.9 Å². The molecule has 2 fully saturated rings. The van der Waals surface area contributed by atoms with Gasteiger partial charge in [0.25, 0.3) is 0 Å². The molecule has 0 spiro atoms. The number of rotatable bonds is 1. The number of carbonyl (C=O) groups is 1. The van der Waals surface area contributed by atoms with Crippen LogP contribution < -0.4 is 0 Å². The normalized spacial score (nSPS) is 48.7. The van der Waals surface area contributed by atoms with Gasteiger partial charge in [0, 0.05) is 12.3 Å². The Bertz CT molecular complexity index is 601. The first-order valence-electron chi connectivity index (χ1n) is 9.47. The van der Waals surface area contributed by atoms with E-state index in [1.165, 1.54) is 24.8 Å². The molecule has 0 aromatic rings. The van der Waals surface area contributed by atoms with Crippen LogP contribution >= 0.6 is 0 Å². The van der Waals surface area contributed by atoms with Crippen LogP contribution in [0.5, 0.6) is 0 Å². The van der Waals surface area contributed by atoms with Crippen molar-refractivity contribution in [3.05, 3.63) is 23.5 Å². The van der Waals surface area contributed by atoms with E-state index in [2.05, 4.69) is 19.9 Å². The first-order valence-corrected chi connectivity index (χ1v) is 9.47. The lowest BCUT2D eigenvalue weighted by molar-refractivity contribution is -0.127. The zero-order valence-corrected chi connectivity index (χ0v) is 14.8. The maximum Gasteiger partial charge on any atom is 0.133 e. The topological polar surface area (TPSA) is 37.3 Å². The molecule has 2 saturated carbocycles. The smallest absolute Gasteiger partial charge is 0.133 e. The number of aliphatic hydroxyl groups excluding tert-OH is 1. The van der Waals surface area contributed by atoms with Gasteiger partial charge in [0.15, 0.2) is 0 Å². The summed E-state index contributed by atoms with van der Waals surface area (Å²) in [4.78, 5) is 12.1. The first kappa shape index (κ1) is 15.5. The molecule has 4 rings (SSSR count). The molecule has 6 atom stereocenters. The SMILES string of the molecule is CC(=O)C1CCC2C3CC=C4C=C(O)CCC4(C)C3CCC12C. The van der Waals surface area contributed by atoms with Gasteiger partial charge in [-0.25, -0.2) is 0 Å². The number of allylic oxidation sites excluding steroid dienone is 4. The summed E-state index contributed by atoms with van der Waals surface area (Å²) >= 11 is 0. The van der Waals surface area contributed by atoms with Gasteiger partial charge in [-0.15, -0.1) is 0 Å². The minimum atomic E-state index is 0.237. The zero-order chi connectivity index (χ0) is 16.4. The van der Waals surface area contributed by atoms with Crippen LogP contribution in [0.15, 0.2) is 23.5 Å². The van der Waals surface area contributed by atoms with E-state index in [4.69, 9.17) is 0 Å². The molecule has 0 heterocycles. The third-order valence-electron chi connectivity index (χ3n) is 8.24. The summed E-state index contributed by atoms with van der Waals surface area (Å²) < 4.78 is 0. The quantitative estimate of drug-likeness (QED) is 0.721. The van der Waals surface area contributed by atoms with Crippen molar-refractivity contribution >= 4 is 5.78 Å². The Morgan fingerprint density at radius 1 is 1.17 bits per heavy atom. The van der Waals surface area contributed by atoms with Gasteiger partial charge >= 0.3 is 0 Å². The minimum Gasteiger partial charge on any atom is -0.512 e. The number of Topliss-reactive ketones (excluding diaryl/α,β-unsaturated/α-hetero) is 1. The van der Waals surface area contributed by atoms with E-state index in [1.807, 2.05) is 6.08 Å². The fourth-order valence-electron chi connectivity index (χ4n) is 6.98. The highest BCUT2D eigenvalue weighted by Crippen LogP contribution is 2.65. The number of aliphatic hydroxyl groups is 1. The van der Waals surface area contributed by atoms with E-state index in [0.29, 0.717) is 23.4 Å². The molecule has 0 aromatic carbocycles. The summed E-state index contributed by atoms with van der Waals surface area (Å²) in [5.41, 5.74) is 1.86. The number of ketones is 1. The molecule has 4 aliphatic carbocycles. The highest BCUT2D eigenvalue weighted by atomic mass is 16.3. The molecule has 0 radical (unpaired) electrons. The molecule has 0 amide bonds. The Morgan fingerprint density at radius 2 is 1.96 bits per heavy atom. The summed E-state index contributed by atoms with van der Waals surface area (Å²) in [5.74, 6) is 3.45. The first-order chi connectivity index (χ1) is 10.9. The van der Waals surface area contributed by atoms with Gasteiger partial charge in [-0.3, -0.25) is 4.79 Å². The maximum absolute atomic E-state index is 12.1. The molecule has 4 aliphatic rings. The second-order valence-electron chi connectivity index (χ2n) is 9.11. The average molecular weight is 314 g/mol. The number of fused-ring (bicyclic) bond motifs is 5. The van der Waals surface area contributed by atoms with Crippen LogP contribution in [0, 0.1) is 34.5 Å². The van der Waals surface area contributed by atoms with Crippen molar-refractivity contribution in [1.82, 2.24) is 0 Å². The monoisotopic (exact) mass is 314 g/mol. The van der Waals surface area contributed by atoms with E-state index in [-0.39, 0.29) is 10.8 Å². The van der Waals surface area contributed by atoms with Crippen molar-refractivity contribution in [1.29, 1.82) is 0 Å². The summed E-state index contributed by atoms with van der Waals surface area (Å²) in [7, 11) is 0. The largest absolute Gasteiger partial charge is 0.512 e. The van der Waals surface area contributed by atoms with Gasteiger partial charge in [0.2, 0.25) is 0 Å². The summed E-state index contributed by atoms with van der Waals surface area (Å²) in [6.07, 6.45) is 12.3. The molecule has 6 unspecified atom stereocenters. The van der Waals surface area contributed by atoms with Gasteiger partial charge in [-0.05, 0) is 85.7 Å². The van der Waals surface area contributed by atoms with Gasteiger partial charge in [-0.2, -0.15) is 0 Å². The van der Waals surface area contributed by atoms with Crippen LogP contribution in [0.2, 0.25) is 0 Å². The maximum atomic E-state index is 12.1. The van der Waals surface area contributed by atoms with Crippen LogP contribution in [0.25, 0.3) is 0 Å². The number of hydrogen-bond acceptors (Lipinski definition) is 2. The van der Waals surface area contributed by atoms with Crippen molar-refractivity contribution in [3.8, 4) is 0 Å². The number of carbonyl (C=O) groups excluding carboxylic acids is 1. The lowest BCUT2D eigenvalue weighted by Crippen LogP contribution is -2.49. The van der Waals surface area contributed by atoms with E-state index < -0.39 is 0 Å². The predicted molar refractivity (Wildman–Crippen MR) is 92.0 cm³/mol. The lowest BCUT2D eigenvalue weighted by atomic mass is 9.48. The molecular formula is C21H30O2. The molecule has 126 valence electrons. The van der Waals surface area contributed by atoms with Gasteiger partial charge in [0.05, 0.1) is 5.76 Å². The van der Waals surface area contributed by atoms with Gasteiger partial charge < -0.3 is 5.11 Å². The van der Waals surface area contributed by atoms with Crippen molar-refractivity contribution in [2.45, 2.75) is 65.7 Å². The van der Waals surface area contributed by atoms with E-state index in [0.717, 1.165) is 37.5 Å². The second kappa shape index (κ2) is 4.97. The summed E-state index contributed by atoms with van der Waals surface area (Å²) in [6.45, 7) is 6.64. The molecule has 2 heteroatoms. The average Bonchev–Trinajstić information content (AvgIpc) is 2.85. The Labute approximate surface area is 140 Å². The highest BCUT2D eigenvalue weighted by Gasteiger charge is 2.58. The standard InChI is InChI=1S/C21H30O2/c1-13(22)17-6-7-18-16-5-4-14-12-15(23)8-10-20(14,2)19(16)9-11-21(17,18)3/h4,12,16-19,23H,5-11H2,1-3H3. The van der Waals surface area contributed by atoms with E-state index in [1.54, 1.807) is 6.92 Å². The molecular weight excluding hydrogens is 284 g/mol. The van der Waals surface area contributed by atoms with Crippen LogP contribution in [-0.2, 0) is 4.79 Å². The Morgan fingerprint density at radius 3 is 2.70 bits per heavy atom. The second-order valence-corrected chi connectivity index (χ2v) is 9.11. The van der Waals surface area contributed by atoms with Crippen molar-refractivity contribution in [2.24, 2.45) is 34.5 Å². The van der Waals surface area contributed by atoms with Gasteiger partial charge in [-0.1, -0.05) is 19.9 Å². The third-order valence-corrected chi connectivity index (χ3v) is 8.24. The van der Waals surface area contributed by atoms with Crippen molar-refractivity contribution in [3.63, 3.8) is 0 Å². The summed E-state index contributed by atoms with van der Waals surface area (Å²) in [6, 6.07) is 0. The van der Waals surface area contributed by atoms with Crippen LogP contribution in [0.3, 0.4) is 0 Å². The fraction of sp³-hybridized carbons (Fsp3) is 0.762. The molecule has 0 saturated heterocycles. The Balaban J connectivity index is 1.69. The lowest BCUT2D eigenvalue weighted by Gasteiger charge is -2.56. The molecule has 23 heavy (non-hydrogen) atoms. The molecule has 0 aliphatic heterocycles. The van der Waals surface area contributed by atoms with Crippen molar-refractivity contribution in [2.75, 3.05) is 0 Å². The summed E-state index contributed by atoms with van der Waals surface area (Å²) in [5, 5.41) is 9.93. The molecule has 0 aromatic heterocycles. The predicted octanol–water partition coefficient (Wildman–Crippen LogP) is 5.21. The molecule has 1 N–H and O–H groups in total.